The van der Waals surface area contributed by atoms with Crippen molar-refractivity contribution in [2.24, 2.45) is 11.1 Å². The summed E-state index contributed by atoms with van der Waals surface area (Å²) in [6.07, 6.45) is 8.04. The summed E-state index contributed by atoms with van der Waals surface area (Å²) in [6.45, 7) is 2.39. The van der Waals surface area contributed by atoms with E-state index in [1.807, 2.05) is 0 Å². The molecule has 2 unspecified atom stereocenters. The van der Waals surface area contributed by atoms with Gasteiger partial charge in [0.15, 0.2) is 0 Å². The van der Waals surface area contributed by atoms with Gasteiger partial charge in [-0.2, -0.15) is 0 Å². The van der Waals surface area contributed by atoms with Gasteiger partial charge in [0.25, 0.3) is 0 Å². The monoisotopic (exact) mass is 301 g/mol. The molecule has 2 heterocycles. The van der Waals surface area contributed by atoms with Gasteiger partial charge < -0.3 is 10.6 Å². The molecule has 3 fully saturated rings. The van der Waals surface area contributed by atoms with E-state index in [1.54, 1.807) is 0 Å². The number of hydrogen-bond donors (Lipinski definition) is 1. The van der Waals surface area contributed by atoms with Crippen molar-refractivity contribution in [2.75, 3.05) is 26.7 Å². The summed E-state index contributed by atoms with van der Waals surface area (Å²) < 4.78 is 0. The first-order valence-corrected chi connectivity index (χ1v) is 7.88. The molecule has 0 aromatic heterocycles. The van der Waals surface area contributed by atoms with E-state index in [4.69, 9.17) is 5.73 Å². The van der Waals surface area contributed by atoms with E-state index in [2.05, 4.69) is 16.8 Å². The first-order valence-electron chi connectivity index (χ1n) is 7.88. The standard InChI is InChI=1S/C15H27N3O.ClH/c1-17-12-4-5-13(17)10-18(9-6-12)14(19)15(11-16)7-2-3-8-15;/h12-13H,2-11,16H2,1H3;1H. The van der Waals surface area contributed by atoms with Gasteiger partial charge in [0.05, 0.1) is 5.41 Å². The number of rotatable bonds is 2. The molecule has 1 amide bonds. The van der Waals surface area contributed by atoms with Crippen LogP contribution in [0.2, 0.25) is 0 Å². The highest BCUT2D eigenvalue weighted by molar-refractivity contribution is 5.85. The molecule has 1 saturated carbocycles. The summed E-state index contributed by atoms with van der Waals surface area (Å²) in [5, 5.41) is 0. The van der Waals surface area contributed by atoms with E-state index in [0.717, 1.165) is 32.4 Å². The van der Waals surface area contributed by atoms with Gasteiger partial charge in [0, 0.05) is 31.7 Å². The minimum atomic E-state index is -0.220. The largest absolute Gasteiger partial charge is 0.341 e. The summed E-state index contributed by atoms with van der Waals surface area (Å²) in [6, 6.07) is 1.27. The molecule has 116 valence electrons. The van der Waals surface area contributed by atoms with Crippen molar-refractivity contribution in [2.45, 2.75) is 57.0 Å². The zero-order valence-electron chi connectivity index (χ0n) is 12.5. The van der Waals surface area contributed by atoms with E-state index in [0.29, 0.717) is 24.5 Å². The van der Waals surface area contributed by atoms with Crippen LogP contribution in [0.15, 0.2) is 0 Å². The molecule has 2 bridgehead atoms. The summed E-state index contributed by atoms with van der Waals surface area (Å²) in [4.78, 5) is 17.6. The minimum Gasteiger partial charge on any atom is -0.341 e. The van der Waals surface area contributed by atoms with E-state index >= 15 is 0 Å². The summed E-state index contributed by atoms with van der Waals surface area (Å²) >= 11 is 0. The fraction of sp³-hybridized carbons (Fsp3) is 0.933. The van der Waals surface area contributed by atoms with Gasteiger partial charge in [0.1, 0.15) is 0 Å². The second kappa shape index (κ2) is 6.20. The molecule has 2 N–H and O–H groups in total. The number of hydrogen-bond acceptors (Lipinski definition) is 3. The maximum atomic E-state index is 12.9. The van der Waals surface area contributed by atoms with Crippen LogP contribution in [0, 0.1) is 5.41 Å². The van der Waals surface area contributed by atoms with Crippen molar-refractivity contribution in [3.8, 4) is 0 Å². The molecule has 4 nitrogen and oxygen atoms in total. The van der Waals surface area contributed by atoms with Gasteiger partial charge in [-0.15, -0.1) is 12.4 Å². The number of nitrogens with zero attached hydrogens (tertiary/aromatic N) is 2. The summed E-state index contributed by atoms with van der Waals surface area (Å²) in [5.74, 6) is 0.355. The molecule has 0 aromatic rings. The normalized spacial score (nSPS) is 32.8. The highest BCUT2D eigenvalue weighted by atomic mass is 35.5. The van der Waals surface area contributed by atoms with Gasteiger partial charge in [-0.1, -0.05) is 12.8 Å². The van der Waals surface area contributed by atoms with Crippen molar-refractivity contribution < 1.29 is 4.79 Å². The SMILES string of the molecule is CN1C2CCC1CN(C(=O)C1(CN)CCCC1)CC2.Cl. The quantitative estimate of drug-likeness (QED) is 0.843. The number of nitrogens with two attached hydrogens (primary N) is 1. The molecule has 2 atom stereocenters. The number of likely N-dealkylation sites (tertiary alicyclic amines) is 1. The van der Waals surface area contributed by atoms with Crippen LogP contribution < -0.4 is 5.73 Å². The molecule has 2 aliphatic heterocycles. The van der Waals surface area contributed by atoms with Crippen LogP contribution in [-0.2, 0) is 4.79 Å². The second-order valence-electron chi connectivity index (χ2n) is 6.78. The predicted molar refractivity (Wildman–Crippen MR) is 83.0 cm³/mol. The number of fused-ring (bicyclic) bond motifs is 2. The smallest absolute Gasteiger partial charge is 0.230 e. The van der Waals surface area contributed by atoms with E-state index < -0.39 is 0 Å². The average Bonchev–Trinajstić information content (AvgIpc) is 2.96. The van der Waals surface area contributed by atoms with Crippen LogP contribution >= 0.6 is 12.4 Å². The highest BCUT2D eigenvalue weighted by Crippen LogP contribution is 2.40. The lowest BCUT2D eigenvalue weighted by Gasteiger charge is -2.34. The fourth-order valence-electron chi connectivity index (χ4n) is 4.39. The third kappa shape index (κ3) is 2.58. The van der Waals surface area contributed by atoms with Crippen LogP contribution in [0.5, 0.6) is 0 Å². The molecule has 2 saturated heterocycles. The van der Waals surface area contributed by atoms with Crippen molar-refractivity contribution in [1.82, 2.24) is 9.80 Å². The van der Waals surface area contributed by atoms with E-state index in [1.165, 1.54) is 25.7 Å². The Morgan fingerprint density at radius 2 is 1.85 bits per heavy atom. The molecular weight excluding hydrogens is 274 g/mol. The molecule has 0 spiro atoms. The van der Waals surface area contributed by atoms with Crippen LogP contribution in [0.3, 0.4) is 0 Å². The average molecular weight is 302 g/mol. The Kier molecular flexibility index (Phi) is 4.98. The number of carbonyl (C=O) groups excluding carboxylic acids is 1. The Morgan fingerprint density at radius 1 is 1.20 bits per heavy atom. The zero-order valence-corrected chi connectivity index (χ0v) is 13.3. The molecule has 0 aromatic carbocycles. The van der Waals surface area contributed by atoms with Crippen molar-refractivity contribution in [3.63, 3.8) is 0 Å². The lowest BCUT2D eigenvalue weighted by Crippen LogP contribution is -2.49. The molecule has 5 heteroatoms. The highest BCUT2D eigenvalue weighted by Gasteiger charge is 2.44. The summed E-state index contributed by atoms with van der Waals surface area (Å²) in [7, 11) is 2.23. The molecule has 3 aliphatic rings. The number of halogens is 1. The maximum Gasteiger partial charge on any atom is 0.230 e. The zero-order chi connectivity index (χ0) is 13.5. The molecule has 0 radical (unpaired) electrons. The van der Waals surface area contributed by atoms with Gasteiger partial charge >= 0.3 is 0 Å². The lowest BCUT2D eigenvalue weighted by molar-refractivity contribution is -0.141. The lowest BCUT2D eigenvalue weighted by atomic mass is 9.84. The van der Waals surface area contributed by atoms with Crippen molar-refractivity contribution in [1.29, 1.82) is 0 Å². The number of likely N-dealkylation sites (N-methyl/N-ethyl adjacent to an activating group) is 1. The Bertz CT molecular complexity index is 357. The van der Waals surface area contributed by atoms with Crippen molar-refractivity contribution >= 4 is 18.3 Å². The summed E-state index contributed by atoms with van der Waals surface area (Å²) in [5.41, 5.74) is 5.74. The van der Waals surface area contributed by atoms with Gasteiger partial charge in [-0.3, -0.25) is 9.69 Å². The Labute approximate surface area is 128 Å². The van der Waals surface area contributed by atoms with E-state index in [-0.39, 0.29) is 17.8 Å². The molecule has 1 aliphatic carbocycles. The second-order valence-corrected chi connectivity index (χ2v) is 6.78. The Hall–Kier alpha value is -0.320. The first-order chi connectivity index (χ1) is 9.16. The Morgan fingerprint density at radius 3 is 2.50 bits per heavy atom. The number of carbonyl (C=O) groups is 1. The first kappa shape index (κ1) is 16.1. The van der Waals surface area contributed by atoms with Crippen LogP contribution in [0.1, 0.15) is 44.9 Å². The van der Waals surface area contributed by atoms with Crippen LogP contribution in [0.25, 0.3) is 0 Å². The van der Waals surface area contributed by atoms with Crippen LogP contribution in [0.4, 0.5) is 0 Å². The predicted octanol–water partition coefficient (Wildman–Crippen LogP) is 1.62. The topological polar surface area (TPSA) is 49.6 Å². The van der Waals surface area contributed by atoms with Gasteiger partial charge in [-0.05, 0) is 39.2 Å². The minimum absolute atomic E-state index is 0. The van der Waals surface area contributed by atoms with Gasteiger partial charge in [-0.25, -0.2) is 0 Å². The number of amides is 1. The third-order valence-corrected chi connectivity index (χ3v) is 5.84. The Balaban J connectivity index is 0.00000147. The molecule has 20 heavy (non-hydrogen) atoms. The molecular formula is C15H28ClN3O. The third-order valence-electron chi connectivity index (χ3n) is 5.84. The van der Waals surface area contributed by atoms with Crippen LogP contribution in [-0.4, -0.2) is 54.5 Å². The maximum absolute atomic E-state index is 12.9. The van der Waals surface area contributed by atoms with E-state index in [9.17, 15) is 4.79 Å². The molecule has 3 rings (SSSR count). The van der Waals surface area contributed by atoms with Gasteiger partial charge in [0.2, 0.25) is 5.91 Å². The van der Waals surface area contributed by atoms with Crippen molar-refractivity contribution in [3.05, 3.63) is 0 Å². The fourth-order valence-corrected chi connectivity index (χ4v) is 4.39.